The molecule has 0 atom stereocenters. The third-order valence-corrected chi connectivity index (χ3v) is 9.95. The summed E-state index contributed by atoms with van der Waals surface area (Å²) in [5.74, 6) is 0.0676. The van der Waals surface area contributed by atoms with Gasteiger partial charge in [0.2, 0.25) is 10.0 Å². The Bertz CT molecular complexity index is 1310. The van der Waals surface area contributed by atoms with Gasteiger partial charge in [-0.1, -0.05) is 23.8 Å². The lowest BCUT2D eigenvalue weighted by molar-refractivity contribution is 0.0179. The van der Waals surface area contributed by atoms with E-state index in [1.165, 1.54) is 42.7 Å². The molecule has 0 spiro atoms. The largest absolute Gasteiger partial charge is 0.444 e. The number of anilines is 1. The van der Waals surface area contributed by atoms with E-state index in [0.717, 1.165) is 9.87 Å². The lowest BCUT2D eigenvalue weighted by atomic mass is 9.97. The highest BCUT2D eigenvalue weighted by Crippen LogP contribution is 2.27. The van der Waals surface area contributed by atoms with Crippen molar-refractivity contribution in [2.24, 2.45) is 5.92 Å². The van der Waals surface area contributed by atoms with Crippen LogP contribution in [0.25, 0.3) is 0 Å². The smallest absolute Gasteiger partial charge is 0.410 e. The zero-order valence-corrected chi connectivity index (χ0v) is 24.0. The fraction of sp³-hybridized carbons (Fsp3) is 0.500. The minimum absolute atomic E-state index is 0.0676. The molecule has 2 aromatic carbocycles. The summed E-state index contributed by atoms with van der Waals surface area (Å²) in [5, 5.41) is 0. The molecule has 9 nitrogen and oxygen atoms in total. The van der Waals surface area contributed by atoms with E-state index in [0.29, 0.717) is 31.6 Å². The number of benzene rings is 2. The van der Waals surface area contributed by atoms with Crippen molar-refractivity contribution < 1.29 is 26.4 Å². The third-order valence-electron chi connectivity index (χ3n) is 6.35. The molecule has 0 saturated carbocycles. The van der Waals surface area contributed by atoms with E-state index < -0.39 is 25.6 Å². The zero-order chi connectivity index (χ0) is 27.6. The van der Waals surface area contributed by atoms with Crippen LogP contribution >= 0.6 is 0 Å². The van der Waals surface area contributed by atoms with Gasteiger partial charge in [-0.2, -0.15) is 0 Å². The van der Waals surface area contributed by atoms with Crippen LogP contribution in [0.5, 0.6) is 0 Å². The molecule has 0 unspecified atom stereocenters. The van der Waals surface area contributed by atoms with Crippen molar-refractivity contribution in [1.82, 2.24) is 9.21 Å². The molecule has 1 fully saturated rings. The van der Waals surface area contributed by atoms with Crippen molar-refractivity contribution in [3.8, 4) is 0 Å². The van der Waals surface area contributed by atoms with E-state index in [4.69, 9.17) is 4.74 Å². The Kier molecular flexibility index (Phi) is 8.60. The van der Waals surface area contributed by atoms with Gasteiger partial charge in [-0.3, -0.25) is 4.31 Å². The standard InChI is InChI=1S/C26H37N3O6S2/c1-20-10-12-22(13-11-20)28(6)37(33,34)24-9-7-8-23(18-24)36(31,32)27(5)19-21-14-16-29(17-15-21)25(30)35-26(2,3)4/h7-13,18,21H,14-17,19H2,1-6H3. The van der Waals surface area contributed by atoms with E-state index in [1.807, 2.05) is 39.8 Å². The second-order valence-corrected chi connectivity index (χ2v) is 14.5. The zero-order valence-electron chi connectivity index (χ0n) is 22.3. The second kappa shape index (κ2) is 11.0. The van der Waals surface area contributed by atoms with Crippen LogP contribution in [0.3, 0.4) is 0 Å². The van der Waals surface area contributed by atoms with Crippen molar-refractivity contribution in [2.75, 3.05) is 38.0 Å². The molecule has 0 N–H and O–H groups in total. The maximum atomic E-state index is 13.3. The van der Waals surface area contributed by atoms with Gasteiger partial charge in [0.05, 0.1) is 15.5 Å². The Morgan fingerprint density at radius 3 is 2.03 bits per heavy atom. The summed E-state index contributed by atoms with van der Waals surface area (Å²) in [6.07, 6.45) is 0.935. The van der Waals surface area contributed by atoms with Crippen LogP contribution in [-0.4, -0.2) is 71.5 Å². The van der Waals surface area contributed by atoms with E-state index in [1.54, 1.807) is 17.0 Å². The summed E-state index contributed by atoms with van der Waals surface area (Å²) in [7, 11) is -4.96. The monoisotopic (exact) mass is 551 g/mol. The predicted molar refractivity (Wildman–Crippen MR) is 144 cm³/mol. The number of hydrogen-bond acceptors (Lipinski definition) is 6. The number of nitrogens with zero attached hydrogens (tertiary/aromatic N) is 3. The quantitative estimate of drug-likeness (QED) is 0.514. The lowest BCUT2D eigenvalue weighted by Gasteiger charge is -2.34. The second-order valence-electron chi connectivity index (χ2n) is 10.5. The number of sulfonamides is 2. The SMILES string of the molecule is Cc1ccc(N(C)S(=O)(=O)c2cccc(S(=O)(=O)N(C)CC3CCN(C(=O)OC(C)(C)C)CC3)c2)cc1. The van der Waals surface area contributed by atoms with Crippen molar-refractivity contribution >= 4 is 31.8 Å². The van der Waals surface area contributed by atoms with E-state index in [9.17, 15) is 21.6 Å². The molecule has 0 aliphatic carbocycles. The Morgan fingerprint density at radius 1 is 0.946 bits per heavy atom. The summed E-state index contributed by atoms with van der Waals surface area (Å²) >= 11 is 0. The van der Waals surface area contributed by atoms with Crippen molar-refractivity contribution in [3.05, 3.63) is 54.1 Å². The number of likely N-dealkylation sites (tertiary alicyclic amines) is 1. The van der Waals surface area contributed by atoms with Gasteiger partial charge in [0.15, 0.2) is 0 Å². The number of carbonyl (C=O) groups is 1. The van der Waals surface area contributed by atoms with E-state index in [-0.39, 0.29) is 28.3 Å². The van der Waals surface area contributed by atoms with Gasteiger partial charge in [-0.15, -0.1) is 0 Å². The van der Waals surface area contributed by atoms with Gasteiger partial charge in [-0.05, 0) is 76.8 Å². The van der Waals surface area contributed by atoms with Crippen LogP contribution in [-0.2, 0) is 24.8 Å². The molecular weight excluding hydrogens is 514 g/mol. The highest BCUT2D eigenvalue weighted by molar-refractivity contribution is 7.93. The van der Waals surface area contributed by atoms with Gasteiger partial charge >= 0.3 is 6.09 Å². The van der Waals surface area contributed by atoms with Gasteiger partial charge in [-0.25, -0.2) is 25.9 Å². The van der Waals surface area contributed by atoms with Gasteiger partial charge < -0.3 is 9.64 Å². The summed E-state index contributed by atoms with van der Waals surface area (Å²) in [6, 6.07) is 12.5. The molecule has 1 aliphatic heterocycles. The molecule has 0 aromatic heterocycles. The highest BCUT2D eigenvalue weighted by Gasteiger charge is 2.31. The summed E-state index contributed by atoms with van der Waals surface area (Å²) in [6.45, 7) is 8.62. The average Bonchev–Trinajstić information content (AvgIpc) is 2.83. The topological polar surface area (TPSA) is 104 Å². The molecule has 3 rings (SSSR count). The number of piperidine rings is 1. The molecule has 1 heterocycles. The number of aryl methyl sites for hydroxylation is 1. The molecule has 0 bridgehead atoms. The minimum atomic E-state index is -3.97. The van der Waals surface area contributed by atoms with E-state index >= 15 is 0 Å². The maximum Gasteiger partial charge on any atom is 0.410 e. The molecule has 2 aromatic rings. The number of carbonyl (C=O) groups excluding carboxylic acids is 1. The van der Waals surface area contributed by atoms with Crippen LogP contribution in [0.1, 0.15) is 39.2 Å². The number of ether oxygens (including phenoxy) is 1. The van der Waals surface area contributed by atoms with E-state index in [2.05, 4.69) is 0 Å². The molecule has 11 heteroatoms. The fourth-order valence-electron chi connectivity index (χ4n) is 4.11. The Hall–Kier alpha value is -2.63. The summed E-state index contributed by atoms with van der Waals surface area (Å²) < 4.78 is 60.9. The third kappa shape index (κ3) is 7.03. The predicted octanol–water partition coefficient (Wildman–Crippen LogP) is 4.09. The van der Waals surface area contributed by atoms with Crippen LogP contribution in [0.15, 0.2) is 58.3 Å². The van der Waals surface area contributed by atoms with Gasteiger partial charge in [0.1, 0.15) is 5.60 Å². The first-order chi connectivity index (χ1) is 17.1. The maximum absolute atomic E-state index is 13.3. The van der Waals surface area contributed by atoms with Gasteiger partial charge in [0.25, 0.3) is 10.0 Å². The molecular formula is C26H37N3O6S2. The Labute approximate surface area is 221 Å². The van der Waals surface area contributed by atoms with Crippen LogP contribution in [0.4, 0.5) is 10.5 Å². The lowest BCUT2D eigenvalue weighted by Crippen LogP contribution is -2.44. The number of hydrogen-bond donors (Lipinski definition) is 0. The minimum Gasteiger partial charge on any atom is -0.444 e. The van der Waals surface area contributed by atoms with Gasteiger partial charge in [0, 0.05) is 33.7 Å². The molecule has 1 amide bonds. The van der Waals surface area contributed by atoms with Crippen LogP contribution in [0.2, 0.25) is 0 Å². The Morgan fingerprint density at radius 2 is 1.49 bits per heavy atom. The molecule has 204 valence electrons. The fourth-order valence-corrected chi connectivity index (χ4v) is 6.72. The first kappa shape index (κ1) is 28.9. The summed E-state index contributed by atoms with van der Waals surface area (Å²) in [5.41, 5.74) is 0.911. The number of amides is 1. The highest BCUT2D eigenvalue weighted by atomic mass is 32.2. The molecule has 1 aliphatic rings. The Balaban J connectivity index is 1.69. The first-order valence-electron chi connectivity index (χ1n) is 12.2. The van der Waals surface area contributed by atoms with Crippen LogP contribution < -0.4 is 4.31 Å². The van der Waals surface area contributed by atoms with Crippen molar-refractivity contribution in [1.29, 1.82) is 0 Å². The van der Waals surface area contributed by atoms with Crippen molar-refractivity contribution in [3.63, 3.8) is 0 Å². The number of rotatable bonds is 7. The first-order valence-corrected chi connectivity index (χ1v) is 15.1. The molecule has 37 heavy (non-hydrogen) atoms. The average molecular weight is 552 g/mol. The molecule has 0 radical (unpaired) electrons. The normalized spacial score (nSPS) is 15.6. The molecule has 1 saturated heterocycles. The van der Waals surface area contributed by atoms with Crippen molar-refractivity contribution in [2.45, 2.75) is 55.9 Å². The van der Waals surface area contributed by atoms with Crippen LogP contribution in [0, 0.1) is 12.8 Å². The summed E-state index contributed by atoms with van der Waals surface area (Å²) in [4.78, 5) is 13.8.